The Balaban J connectivity index is 1.63. The summed E-state index contributed by atoms with van der Waals surface area (Å²) in [6.07, 6.45) is 2.74. The number of piperazine rings is 1. The number of hydrogen-bond acceptors (Lipinski definition) is 4. The van der Waals surface area contributed by atoms with Crippen LogP contribution in [0.2, 0.25) is 0 Å². The molecule has 0 atom stereocenters. The maximum atomic E-state index is 13.6. The molecule has 1 aromatic carbocycles. The molecule has 0 bridgehead atoms. The lowest BCUT2D eigenvalue weighted by atomic mass is 10.3. The molecule has 0 saturated carbocycles. The number of pyridine rings is 1. The van der Waals surface area contributed by atoms with Crippen molar-refractivity contribution in [2.75, 3.05) is 31.5 Å². The molecule has 26 heavy (non-hydrogen) atoms. The molecule has 1 aliphatic heterocycles. The van der Waals surface area contributed by atoms with Crippen LogP contribution >= 0.6 is 0 Å². The van der Waals surface area contributed by atoms with E-state index in [1.165, 1.54) is 45.9 Å². The van der Waals surface area contributed by atoms with Gasteiger partial charge < -0.3 is 10.2 Å². The molecule has 10 heteroatoms. The summed E-state index contributed by atoms with van der Waals surface area (Å²) >= 11 is 0. The van der Waals surface area contributed by atoms with Gasteiger partial charge in [0.25, 0.3) is 0 Å². The number of nitrogens with one attached hydrogen (secondary N) is 1. The molecule has 138 valence electrons. The minimum atomic E-state index is -3.68. The van der Waals surface area contributed by atoms with Gasteiger partial charge in [-0.15, -0.1) is 0 Å². The molecular formula is C16H16F2N4O3S. The fourth-order valence-corrected chi connectivity index (χ4v) is 3.96. The van der Waals surface area contributed by atoms with Crippen molar-refractivity contribution in [1.82, 2.24) is 14.2 Å². The number of carbonyl (C=O) groups is 1. The normalized spacial score (nSPS) is 15.7. The molecule has 0 spiro atoms. The standard InChI is InChI=1S/C16H16F2N4O3S/c17-13-4-1-5-14(15(13)18)20-16(23)21-7-9-22(10-8-21)26(24,25)12-3-2-6-19-11-12/h1-6,11H,7-10H2,(H,20,23). The van der Waals surface area contributed by atoms with E-state index >= 15 is 0 Å². The number of urea groups is 1. The zero-order chi connectivity index (χ0) is 18.7. The van der Waals surface area contributed by atoms with Crippen LogP contribution in [-0.4, -0.2) is 54.8 Å². The maximum Gasteiger partial charge on any atom is 0.322 e. The quantitative estimate of drug-likeness (QED) is 0.879. The van der Waals surface area contributed by atoms with Crippen LogP contribution in [-0.2, 0) is 10.0 Å². The van der Waals surface area contributed by atoms with Gasteiger partial charge in [0, 0.05) is 38.6 Å². The van der Waals surface area contributed by atoms with E-state index in [1.807, 2.05) is 0 Å². The molecule has 0 unspecified atom stereocenters. The van der Waals surface area contributed by atoms with Crippen LogP contribution in [0.1, 0.15) is 0 Å². The minimum absolute atomic E-state index is 0.0831. The Kier molecular flexibility index (Phi) is 5.14. The van der Waals surface area contributed by atoms with Crippen LogP contribution in [0.25, 0.3) is 0 Å². The second-order valence-electron chi connectivity index (χ2n) is 5.61. The summed E-state index contributed by atoms with van der Waals surface area (Å²) in [6.45, 7) is 0.442. The Morgan fingerprint density at radius 1 is 1.08 bits per heavy atom. The summed E-state index contributed by atoms with van der Waals surface area (Å²) in [5.74, 6) is -2.20. The van der Waals surface area contributed by atoms with E-state index in [2.05, 4.69) is 10.3 Å². The van der Waals surface area contributed by atoms with Gasteiger partial charge in [0.2, 0.25) is 10.0 Å². The van der Waals surface area contributed by atoms with E-state index in [4.69, 9.17) is 0 Å². The smallest absolute Gasteiger partial charge is 0.322 e. The SMILES string of the molecule is O=C(Nc1cccc(F)c1F)N1CCN(S(=O)(=O)c2cccnc2)CC1. The second-order valence-corrected chi connectivity index (χ2v) is 7.55. The van der Waals surface area contributed by atoms with Crippen molar-refractivity contribution in [2.24, 2.45) is 0 Å². The van der Waals surface area contributed by atoms with Gasteiger partial charge in [-0.25, -0.2) is 22.0 Å². The number of nitrogens with zero attached hydrogens (tertiary/aromatic N) is 3. The molecule has 7 nitrogen and oxygen atoms in total. The monoisotopic (exact) mass is 382 g/mol. The van der Waals surface area contributed by atoms with Crippen molar-refractivity contribution in [2.45, 2.75) is 4.90 Å². The molecular weight excluding hydrogens is 366 g/mol. The van der Waals surface area contributed by atoms with Crippen molar-refractivity contribution >= 4 is 21.7 Å². The Labute approximate surface area is 149 Å². The van der Waals surface area contributed by atoms with E-state index in [9.17, 15) is 22.0 Å². The van der Waals surface area contributed by atoms with E-state index in [0.717, 1.165) is 6.07 Å². The summed E-state index contributed by atoms with van der Waals surface area (Å²) in [5.41, 5.74) is -0.264. The minimum Gasteiger partial charge on any atom is -0.322 e. The van der Waals surface area contributed by atoms with Gasteiger partial charge in [0.1, 0.15) is 4.90 Å². The van der Waals surface area contributed by atoms with Gasteiger partial charge in [-0.3, -0.25) is 4.98 Å². The first kappa shape index (κ1) is 18.2. The van der Waals surface area contributed by atoms with Crippen molar-refractivity contribution in [3.8, 4) is 0 Å². The molecule has 1 N–H and O–H groups in total. The number of rotatable bonds is 3. The third kappa shape index (κ3) is 3.65. The van der Waals surface area contributed by atoms with Gasteiger partial charge in [-0.2, -0.15) is 4.31 Å². The Morgan fingerprint density at radius 2 is 1.81 bits per heavy atom. The van der Waals surface area contributed by atoms with Gasteiger partial charge in [0.05, 0.1) is 5.69 Å². The summed E-state index contributed by atoms with van der Waals surface area (Å²) in [7, 11) is -3.68. The summed E-state index contributed by atoms with van der Waals surface area (Å²) in [6, 6.07) is 5.85. The van der Waals surface area contributed by atoms with E-state index in [-0.39, 0.29) is 36.8 Å². The van der Waals surface area contributed by atoms with Crippen LogP contribution in [0.4, 0.5) is 19.3 Å². The number of aromatic nitrogens is 1. The molecule has 2 amide bonds. The highest BCUT2D eigenvalue weighted by atomic mass is 32.2. The van der Waals surface area contributed by atoms with Crippen LogP contribution < -0.4 is 5.32 Å². The van der Waals surface area contributed by atoms with Crippen molar-refractivity contribution in [1.29, 1.82) is 0 Å². The molecule has 1 aromatic heterocycles. The number of anilines is 1. The van der Waals surface area contributed by atoms with E-state index < -0.39 is 27.7 Å². The number of amides is 2. The predicted octanol–water partition coefficient (Wildman–Crippen LogP) is 1.90. The van der Waals surface area contributed by atoms with E-state index in [0.29, 0.717) is 0 Å². The van der Waals surface area contributed by atoms with Crippen LogP contribution in [0, 0.1) is 11.6 Å². The first-order valence-corrected chi connectivity index (χ1v) is 9.24. The summed E-state index contributed by atoms with van der Waals surface area (Å²) in [5, 5.41) is 2.30. The number of carbonyl (C=O) groups excluding carboxylic acids is 1. The second kappa shape index (κ2) is 7.34. The van der Waals surface area contributed by atoms with Crippen LogP contribution in [0.5, 0.6) is 0 Å². The number of halogens is 2. The lowest BCUT2D eigenvalue weighted by molar-refractivity contribution is 0.184. The zero-order valence-electron chi connectivity index (χ0n) is 13.6. The highest BCUT2D eigenvalue weighted by Crippen LogP contribution is 2.19. The van der Waals surface area contributed by atoms with Crippen molar-refractivity contribution < 1.29 is 22.0 Å². The molecule has 2 aromatic rings. The molecule has 1 aliphatic rings. The summed E-state index contributed by atoms with van der Waals surface area (Å²) < 4.78 is 53.1. The third-order valence-corrected chi connectivity index (χ3v) is 5.87. The Bertz CT molecular complexity index is 901. The maximum absolute atomic E-state index is 13.6. The van der Waals surface area contributed by atoms with Gasteiger partial charge in [-0.1, -0.05) is 6.07 Å². The topological polar surface area (TPSA) is 82.6 Å². The lowest BCUT2D eigenvalue weighted by Crippen LogP contribution is -2.51. The number of benzene rings is 1. The number of sulfonamides is 1. The molecule has 0 radical (unpaired) electrons. The predicted molar refractivity (Wildman–Crippen MR) is 89.9 cm³/mol. The highest BCUT2D eigenvalue weighted by molar-refractivity contribution is 7.89. The average molecular weight is 382 g/mol. The van der Waals surface area contributed by atoms with Crippen molar-refractivity contribution in [3.63, 3.8) is 0 Å². The summed E-state index contributed by atoms with van der Waals surface area (Å²) in [4.78, 5) is 17.4. The van der Waals surface area contributed by atoms with Crippen LogP contribution in [0.15, 0.2) is 47.6 Å². The van der Waals surface area contributed by atoms with Gasteiger partial charge in [0.15, 0.2) is 11.6 Å². The Morgan fingerprint density at radius 3 is 2.46 bits per heavy atom. The first-order chi connectivity index (χ1) is 12.4. The molecule has 3 rings (SSSR count). The van der Waals surface area contributed by atoms with Gasteiger partial charge >= 0.3 is 6.03 Å². The first-order valence-electron chi connectivity index (χ1n) is 7.80. The van der Waals surface area contributed by atoms with Crippen LogP contribution in [0.3, 0.4) is 0 Å². The highest BCUT2D eigenvalue weighted by Gasteiger charge is 2.30. The van der Waals surface area contributed by atoms with Crippen molar-refractivity contribution in [3.05, 3.63) is 54.4 Å². The zero-order valence-corrected chi connectivity index (χ0v) is 14.4. The number of hydrogen-bond donors (Lipinski definition) is 1. The fourth-order valence-electron chi connectivity index (χ4n) is 2.57. The molecule has 2 heterocycles. The van der Waals surface area contributed by atoms with Gasteiger partial charge in [-0.05, 0) is 24.3 Å². The molecule has 1 saturated heterocycles. The third-order valence-electron chi connectivity index (χ3n) is 3.99. The lowest BCUT2D eigenvalue weighted by Gasteiger charge is -2.33. The molecule has 0 aliphatic carbocycles. The molecule has 1 fully saturated rings. The Hall–Kier alpha value is -2.59. The fraction of sp³-hybridized carbons (Fsp3) is 0.250. The average Bonchev–Trinajstić information content (AvgIpc) is 2.66. The van der Waals surface area contributed by atoms with E-state index in [1.54, 1.807) is 0 Å². The largest absolute Gasteiger partial charge is 0.322 e.